The molecule has 2 heteroatoms. The van der Waals surface area contributed by atoms with Crippen molar-refractivity contribution in [1.82, 2.24) is 0 Å². The number of hydrogen-bond donors (Lipinski definition) is 0. The van der Waals surface area contributed by atoms with Crippen molar-refractivity contribution in [2.45, 2.75) is 5.79 Å². The molecule has 2 radical (unpaired) electrons. The normalized spacial score (nSPS) is 24.5. The van der Waals surface area contributed by atoms with Crippen molar-refractivity contribution in [2.24, 2.45) is 5.92 Å². The predicted molar refractivity (Wildman–Crippen MR) is 42.8 cm³/mol. The summed E-state index contributed by atoms with van der Waals surface area (Å²) in [6, 6.07) is 0. The van der Waals surface area contributed by atoms with Crippen molar-refractivity contribution < 1.29 is 9.47 Å². The van der Waals surface area contributed by atoms with E-state index in [0.29, 0.717) is 13.2 Å². The van der Waals surface area contributed by atoms with Crippen LogP contribution in [0.4, 0.5) is 0 Å². The first kappa shape index (κ1) is 8.50. The molecule has 1 heterocycles. The summed E-state index contributed by atoms with van der Waals surface area (Å²) in [5.41, 5.74) is 0. The Labute approximate surface area is 67.5 Å². The van der Waals surface area contributed by atoms with Crippen LogP contribution in [0.3, 0.4) is 0 Å². The van der Waals surface area contributed by atoms with Crippen LogP contribution in [-0.4, -0.2) is 19.0 Å². The second-order valence-electron chi connectivity index (χ2n) is 2.51. The monoisotopic (exact) mass is 152 g/mol. The van der Waals surface area contributed by atoms with Gasteiger partial charge in [-0.2, -0.15) is 0 Å². The Hall–Kier alpha value is -0.600. The van der Waals surface area contributed by atoms with E-state index in [-0.39, 0.29) is 5.92 Å². The number of rotatable bonds is 2. The quantitative estimate of drug-likeness (QED) is 0.557. The lowest BCUT2D eigenvalue weighted by Crippen LogP contribution is -2.40. The van der Waals surface area contributed by atoms with E-state index in [1.54, 1.807) is 12.2 Å². The summed E-state index contributed by atoms with van der Waals surface area (Å²) >= 11 is 0. The zero-order chi connectivity index (χ0) is 8.32. The molecule has 60 valence electrons. The third-order valence-corrected chi connectivity index (χ3v) is 1.62. The van der Waals surface area contributed by atoms with Gasteiger partial charge in [0.15, 0.2) is 0 Å². The van der Waals surface area contributed by atoms with E-state index >= 15 is 0 Å². The molecule has 1 rings (SSSR count). The molecule has 1 fully saturated rings. The highest BCUT2D eigenvalue weighted by Gasteiger charge is 2.29. The van der Waals surface area contributed by atoms with E-state index in [1.165, 1.54) is 0 Å². The molecule has 0 amide bonds. The molecule has 0 N–H and O–H groups in total. The molecule has 0 bridgehead atoms. The van der Waals surface area contributed by atoms with Crippen LogP contribution in [-0.2, 0) is 9.47 Å². The van der Waals surface area contributed by atoms with E-state index in [9.17, 15) is 0 Å². The molecular formula is C9H12O2. The molecule has 1 aliphatic rings. The molecule has 0 atom stereocenters. The van der Waals surface area contributed by atoms with Gasteiger partial charge < -0.3 is 9.47 Å². The maximum Gasteiger partial charge on any atom is 0.207 e. The summed E-state index contributed by atoms with van der Waals surface area (Å²) in [4.78, 5) is 0. The van der Waals surface area contributed by atoms with Gasteiger partial charge in [-0.15, -0.1) is 0 Å². The fraction of sp³-hybridized carbons (Fsp3) is 0.444. The Morgan fingerprint density at radius 1 is 1.27 bits per heavy atom. The van der Waals surface area contributed by atoms with E-state index in [0.717, 1.165) is 0 Å². The second-order valence-corrected chi connectivity index (χ2v) is 2.51. The van der Waals surface area contributed by atoms with Gasteiger partial charge in [0.25, 0.3) is 0 Å². The van der Waals surface area contributed by atoms with Crippen molar-refractivity contribution in [2.75, 3.05) is 13.2 Å². The molecule has 0 unspecified atom stereocenters. The molecule has 0 aromatic carbocycles. The molecule has 0 aromatic rings. The lowest BCUT2D eigenvalue weighted by molar-refractivity contribution is -0.219. The Morgan fingerprint density at radius 3 is 2.09 bits per heavy atom. The molecule has 0 spiro atoms. The maximum absolute atomic E-state index is 5.55. The van der Waals surface area contributed by atoms with Crippen LogP contribution in [0.25, 0.3) is 0 Å². The molecule has 1 saturated heterocycles. The minimum absolute atomic E-state index is 0.0389. The standard InChI is InChI=1S/C9H12O2/c1-4-9(5-2)10-6-8(3)7-11-9/h3-5,8H,1-2,6-7H2. The van der Waals surface area contributed by atoms with Gasteiger partial charge in [0.2, 0.25) is 5.79 Å². The van der Waals surface area contributed by atoms with Crippen molar-refractivity contribution in [3.05, 3.63) is 32.2 Å². The van der Waals surface area contributed by atoms with Gasteiger partial charge in [0.1, 0.15) is 0 Å². The summed E-state index contributed by atoms with van der Waals surface area (Å²) in [6.45, 7) is 13.7. The number of hydrogen-bond acceptors (Lipinski definition) is 2. The first-order chi connectivity index (χ1) is 5.22. The van der Waals surface area contributed by atoms with E-state index in [1.807, 2.05) is 0 Å². The highest BCUT2D eigenvalue weighted by Crippen LogP contribution is 2.23. The Morgan fingerprint density at radius 2 is 1.73 bits per heavy atom. The minimum Gasteiger partial charge on any atom is -0.343 e. The Kier molecular flexibility index (Phi) is 2.47. The highest BCUT2D eigenvalue weighted by atomic mass is 16.7. The van der Waals surface area contributed by atoms with E-state index in [2.05, 4.69) is 13.2 Å². The molecular weight excluding hydrogens is 140 g/mol. The summed E-state index contributed by atoms with van der Waals surface area (Å²) < 4.78 is 10.6. The van der Waals surface area contributed by atoms with Crippen LogP contribution in [0.1, 0.15) is 0 Å². The lowest BCUT2D eigenvalue weighted by Gasteiger charge is -2.34. The largest absolute Gasteiger partial charge is 0.343 e. The first-order valence-corrected chi connectivity index (χ1v) is 3.53. The molecule has 0 saturated carbocycles. The Bertz CT molecular complexity index is 145. The van der Waals surface area contributed by atoms with Gasteiger partial charge in [-0.25, -0.2) is 0 Å². The van der Waals surface area contributed by atoms with Crippen LogP contribution >= 0.6 is 0 Å². The van der Waals surface area contributed by atoms with Crippen LogP contribution in [0.2, 0.25) is 0 Å². The van der Waals surface area contributed by atoms with Crippen LogP contribution < -0.4 is 0 Å². The molecule has 0 aliphatic carbocycles. The average molecular weight is 152 g/mol. The molecule has 0 aromatic heterocycles. The summed E-state index contributed by atoms with van der Waals surface area (Å²) in [7, 11) is 0. The van der Waals surface area contributed by atoms with Gasteiger partial charge in [-0.05, 0) is 19.1 Å². The Balaban J connectivity index is 2.59. The fourth-order valence-electron chi connectivity index (χ4n) is 0.883. The lowest BCUT2D eigenvalue weighted by atomic mass is 10.1. The van der Waals surface area contributed by atoms with Crippen LogP contribution in [0.5, 0.6) is 0 Å². The van der Waals surface area contributed by atoms with E-state index in [4.69, 9.17) is 16.4 Å². The minimum atomic E-state index is -0.810. The third-order valence-electron chi connectivity index (χ3n) is 1.62. The van der Waals surface area contributed by atoms with Gasteiger partial charge in [-0.3, -0.25) is 0 Å². The van der Waals surface area contributed by atoms with Crippen molar-refractivity contribution in [1.29, 1.82) is 0 Å². The van der Waals surface area contributed by atoms with Gasteiger partial charge in [-0.1, -0.05) is 13.2 Å². The average Bonchev–Trinajstić information content (AvgIpc) is 2.07. The fourth-order valence-corrected chi connectivity index (χ4v) is 0.883. The zero-order valence-electron chi connectivity index (χ0n) is 6.45. The first-order valence-electron chi connectivity index (χ1n) is 3.53. The molecule has 1 aliphatic heterocycles. The van der Waals surface area contributed by atoms with Gasteiger partial charge >= 0.3 is 0 Å². The molecule has 2 nitrogen and oxygen atoms in total. The highest BCUT2D eigenvalue weighted by molar-refractivity contribution is 5.04. The van der Waals surface area contributed by atoms with Crippen LogP contribution in [0, 0.1) is 12.8 Å². The van der Waals surface area contributed by atoms with Gasteiger partial charge in [0.05, 0.1) is 13.2 Å². The predicted octanol–water partition coefficient (Wildman–Crippen LogP) is 1.43. The smallest absolute Gasteiger partial charge is 0.207 e. The zero-order valence-corrected chi connectivity index (χ0v) is 6.45. The van der Waals surface area contributed by atoms with Crippen molar-refractivity contribution >= 4 is 0 Å². The topological polar surface area (TPSA) is 18.5 Å². The third kappa shape index (κ3) is 1.70. The molecule has 11 heavy (non-hydrogen) atoms. The summed E-state index contributed by atoms with van der Waals surface area (Å²) in [5, 5.41) is 0. The van der Waals surface area contributed by atoms with E-state index < -0.39 is 5.79 Å². The van der Waals surface area contributed by atoms with Crippen molar-refractivity contribution in [3.8, 4) is 0 Å². The summed E-state index contributed by atoms with van der Waals surface area (Å²) in [6.07, 6.45) is 3.15. The SMILES string of the molecule is [CH]C1COC(C=C)(C=C)OC1. The summed E-state index contributed by atoms with van der Waals surface area (Å²) in [5.74, 6) is -0.849. The van der Waals surface area contributed by atoms with Crippen molar-refractivity contribution in [3.63, 3.8) is 0 Å². The van der Waals surface area contributed by atoms with Crippen LogP contribution in [0.15, 0.2) is 25.3 Å². The maximum atomic E-state index is 5.55. The van der Waals surface area contributed by atoms with Gasteiger partial charge in [0, 0.05) is 5.92 Å². The number of ether oxygens (including phenoxy) is 2. The second kappa shape index (κ2) is 3.20.